The number of nitrogens with one attached hydrogen (secondary N) is 1. The first-order valence-electron chi connectivity index (χ1n) is 4.51. The summed E-state index contributed by atoms with van der Waals surface area (Å²) in [7, 11) is -3.72. The SMILES string of the molecule is NC(=O)c1ccc(F)c(NS(=O)(=O)CCCl)c1. The molecular weight excluding hydrogens is 271 g/mol. The second kappa shape index (κ2) is 5.33. The molecule has 0 bridgehead atoms. The van der Waals surface area contributed by atoms with Crippen LogP contribution in [0.15, 0.2) is 18.2 Å². The van der Waals surface area contributed by atoms with Gasteiger partial charge in [-0.2, -0.15) is 0 Å². The lowest BCUT2D eigenvalue weighted by Crippen LogP contribution is -2.19. The van der Waals surface area contributed by atoms with Crippen LogP contribution >= 0.6 is 11.6 Å². The number of hydrogen-bond donors (Lipinski definition) is 2. The van der Waals surface area contributed by atoms with Crippen LogP contribution in [0.2, 0.25) is 0 Å². The second-order valence-electron chi connectivity index (χ2n) is 3.17. The van der Waals surface area contributed by atoms with Crippen molar-refractivity contribution in [1.82, 2.24) is 0 Å². The molecule has 5 nitrogen and oxygen atoms in total. The Bertz CT molecular complexity index is 533. The molecule has 3 N–H and O–H groups in total. The highest BCUT2D eigenvalue weighted by molar-refractivity contribution is 7.92. The number of rotatable bonds is 5. The second-order valence-corrected chi connectivity index (χ2v) is 5.39. The molecule has 0 atom stereocenters. The van der Waals surface area contributed by atoms with Gasteiger partial charge in [0.15, 0.2) is 0 Å². The highest BCUT2D eigenvalue weighted by atomic mass is 35.5. The Hall–Kier alpha value is -1.34. The molecule has 0 saturated carbocycles. The van der Waals surface area contributed by atoms with E-state index < -0.39 is 21.7 Å². The predicted molar refractivity (Wildman–Crippen MR) is 63.0 cm³/mol. The van der Waals surface area contributed by atoms with Gasteiger partial charge >= 0.3 is 0 Å². The van der Waals surface area contributed by atoms with E-state index in [9.17, 15) is 17.6 Å². The third-order valence-corrected chi connectivity index (χ3v) is 3.55. The van der Waals surface area contributed by atoms with Gasteiger partial charge in [-0.05, 0) is 18.2 Å². The van der Waals surface area contributed by atoms with E-state index in [-0.39, 0.29) is 22.9 Å². The number of carbonyl (C=O) groups is 1. The Morgan fingerprint density at radius 3 is 2.65 bits per heavy atom. The Kier molecular flexibility index (Phi) is 4.30. The fraction of sp³-hybridized carbons (Fsp3) is 0.222. The van der Waals surface area contributed by atoms with E-state index in [1.54, 1.807) is 0 Å². The van der Waals surface area contributed by atoms with Crippen LogP contribution in [0.25, 0.3) is 0 Å². The number of amides is 1. The van der Waals surface area contributed by atoms with Crippen LogP contribution in [0.3, 0.4) is 0 Å². The van der Waals surface area contributed by atoms with Crippen molar-refractivity contribution in [2.24, 2.45) is 5.73 Å². The minimum Gasteiger partial charge on any atom is -0.366 e. The molecule has 0 unspecified atom stereocenters. The summed E-state index contributed by atoms with van der Waals surface area (Å²) in [5.41, 5.74) is 4.68. The van der Waals surface area contributed by atoms with E-state index in [2.05, 4.69) is 0 Å². The number of hydrogen-bond acceptors (Lipinski definition) is 3. The van der Waals surface area contributed by atoms with Crippen molar-refractivity contribution in [2.45, 2.75) is 0 Å². The van der Waals surface area contributed by atoms with E-state index in [0.717, 1.165) is 18.2 Å². The zero-order valence-corrected chi connectivity index (χ0v) is 10.2. The molecule has 0 saturated heterocycles. The number of carbonyl (C=O) groups excluding carboxylic acids is 1. The molecule has 1 aromatic carbocycles. The van der Waals surface area contributed by atoms with Crippen molar-refractivity contribution in [3.63, 3.8) is 0 Å². The van der Waals surface area contributed by atoms with Crippen molar-refractivity contribution in [3.05, 3.63) is 29.6 Å². The third-order valence-electron chi connectivity index (χ3n) is 1.86. The Balaban J connectivity index is 3.06. The maximum atomic E-state index is 13.3. The lowest BCUT2D eigenvalue weighted by molar-refractivity contribution is 0.100. The molecular formula is C9H10ClFN2O3S. The topological polar surface area (TPSA) is 89.3 Å². The number of primary amides is 1. The maximum Gasteiger partial charge on any atom is 0.248 e. The fourth-order valence-corrected chi connectivity index (χ4v) is 2.48. The molecule has 94 valence electrons. The predicted octanol–water partition coefficient (Wildman–Crippen LogP) is 0.905. The van der Waals surface area contributed by atoms with Crippen LogP contribution in [0.5, 0.6) is 0 Å². The van der Waals surface area contributed by atoms with Gasteiger partial charge in [-0.3, -0.25) is 9.52 Å². The van der Waals surface area contributed by atoms with Crippen molar-refractivity contribution < 1.29 is 17.6 Å². The molecule has 0 spiro atoms. The van der Waals surface area contributed by atoms with Gasteiger partial charge in [0, 0.05) is 11.4 Å². The highest BCUT2D eigenvalue weighted by Gasteiger charge is 2.14. The van der Waals surface area contributed by atoms with Crippen LogP contribution in [0.4, 0.5) is 10.1 Å². The summed E-state index contributed by atoms with van der Waals surface area (Å²) in [6.45, 7) is 0. The molecule has 1 amide bonds. The smallest absolute Gasteiger partial charge is 0.248 e. The van der Waals surface area contributed by atoms with E-state index in [1.165, 1.54) is 0 Å². The Morgan fingerprint density at radius 1 is 1.47 bits per heavy atom. The monoisotopic (exact) mass is 280 g/mol. The van der Waals surface area contributed by atoms with Gasteiger partial charge in [0.1, 0.15) is 5.82 Å². The largest absolute Gasteiger partial charge is 0.366 e. The number of sulfonamides is 1. The minimum absolute atomic E-state index is 0.00923. The van der Waals surface area contributed by atoms with Crippen LogP contribution < -0.4 is 10.5 Å². The third kappa shape index (κ3) is 3.86. The summed E-state index contributed by atoms with van der Waals surface area (Å²) in [6.07, 6.45) is 0. The number of benzene rings is 1. The van der Waals surface area contributed by atoms with Crippen molar-refractivity contribution in [3.8, 4) is 0 Å². The quantitative estimate of drug-likeness (QED) is 0.786. The summed E-state index contributed by atoms with van der Waals surface area (Å²) in [5, 5.41) is 0. The molecule has 1 aromatic rings. The lowest BCUT2D eigenvalue weighted by Gasteiger charge is -2.08. The van der Waals surface area contributed by atoms with Crippen LogP contribution in [0.1, 0.15) is 10.4 Å². The number of anilines is 1. The zero-order chi connectivity index (χ0) is 13.1. The molecule has 0 aliphatic rings. The molecule has 17 heavy (non-hydrogen) atoms. The maximum absolute atomic E-state index is 13.3. The molecule has 0 fully saturated rings. The number of nitrogens with two attached hydrogens (primary N) is 1. The fourth-order valence-electron chi connectivity index (χ4n) is 1.08. The van der Waals surface area contributed by atoms with E-state index in [0.29, 0.717) is 0 Å². The number of halogens is 2. The van der Waals surface area contributed by atoms with Crippen molar-refractivity contribution in [2.75, 3.05) is 16.4 Å². The summed E-state index contributed by atoms with van der Waals surface area (Å²) < 4.78 is 38.0. The first-order valence-corrected chi connectivity index (χ1v) is 6.70. The van der Waals surface area contributed by atoms with Crippen molar-refractivity contribution >= 4 is 33.2 Å². The number of alkyl halides is 1. The normalized spacial score (nSPS) is 11.2. The Labute approximate surface area is 103 Å². The molecule has 0 aromatic heterocycles. The average molecular weight is 281 g/mol. The molecule has 1 rings (SSSR count). The summed E-state index contributed by atoms with van der Waals surface area (Å²) in [6, 6.07) is 3.15. The molecule has 0 aliphatic carbocycles. The van der Waals surface area contributed by atoms with E-state index >= 15 is 0 Å². The zero-order valence-electron chi connectivity index (χ0n) is 8.61. The van der Waals surface area contributed by atoms with Gasteiger partial charge in [-0.25, -0.2) is 12.8 Å². The summed E-state index contributed by atoms with van der Waals surface area (Å²) in [5.74, 6) is -2.04. The van der Waals surface area contributed by atoms with Gasteiger partial charge in [-0.1, -0.05) is 0 Å². The van der Waals surface area contributed by atoms with E-state index in [4.69, 9.17) is 17.3 Å². The molecule has 8 heteroatoms. The minimum atomic E-state index is -3.72. The molecule has 0 radical (unpaired) electrons. The van der Waals surface area contributed by atoms with Crippen LogP contribution in [-0.2, 0) is 10.0 Å². The Morgan fingerprint density at radius 2 is 2.12 bits per heavy atom. The summed E-state index contributed by atoms with van der Waals surface area (Å²) >= 11 is 5.29. The van der Waals surface area contributed by atoms with E-state index in [1.807, 2.05) is 4.72 Å². The standard InChI is InChI=1S/C9H10ClFN2O3S/c10-3-4-17(15,16)13-8-5-6(9(12)14)1-2-7(8)11/h1-2,5,13H,3-4H2,(H2,12,14). The average Bonchev–Trinajstić information content (AvgIpc) is 2.20. The lowest BCUT2D eigenvalue weighted by atomic mass is 10.2. The first kappa shape index (κ1) is 13.7. The first-order chi connectivity index (χ1) is 7.85. The van der Waals surface area contributed by atoms with Crippen LogP contribution in [0, 0.1) is 5.82 Å². The van der Waals surface area contributed by atoms with Gasteiger partial charge in [-0.15, -0.1) is 11.6 Å². The molecule has 0 heterocycles. The van der Waals surface area contributed by atoms with Gasteiger partial charge in [0.05, 0.1) is 11.4 Å². The molecule has 0 aliphatic heterocycles. The van der Waals surface area contributed by atoms with Gasteiger partial charge < -0.3 is 5.73 Å². The van der Waals surface area contributed by atoms with Crippen molar-refractivity contribution in [1.29, 1.82) is 0 Å². The van der Waals surface area contributed by atoms with Crippen LogP contribution in [-0.4, -0.2) is 26.0 Å². The van der Waals surface area contributed by atoms with Gasteiger partial charge in [0.25, 0.3) is 0 Å². The highest BCUT2D eigenvalue weighted by Crippen LogP contribution is 2.17. The van der Waals surface area contributed by atoms with Gasteiger partial charge in [0.2, 0.25) is 15.9 Å². The summed E-state index contributed by atoms with van der Waals surface area (Å²) in [4.78, 5) is 10.9.